The lowest BCUT2D eigenvalue weighted by atomic mass is 10.2. The van der Waals surface area contributed by atoms with Gasteiger partial charge in [0.15, 0.2) is 0 Å². The molecule has 1 unspecified atom stereocenters. The zero-order chi connectivity index (χ0) is 7.40. The summed E-state index contributed by atoms with van der Waals surface area (Å²) in [5, 5.41) is 8.82. The Labute approximate surface area is 60.6 Å². The molecule has 4 heteroatoms. The molecule has 1 heterocycles. The maximum absolute atomic E-state index is 8.82. The van der Waals surface area contributed by atoms with E-state index in [0.29, 0.717) is 13.3 Å². The molecule has 1 fully saturated rings. The zero-order valence-electron chi connectivity index (χ0n) is 5.99. The first-order chi connectivity index (χ1) is 4.88. The molecule has 1 aliphatic rings. The molecule has 0 aromatic heterocycles. The second-order valence-electron chi connectivity index (χ2n) is 2.41. The maximum atomic E-state index is 8.82. The van der Waals surface area contributed by atoms with Crippen LogP contribution in [0.4, 0.5) is 0 Å². The minimum atomic E-state index is 0.110. The number of aliphatic hydroxyl groups excluding tert-OH is 1. The summed E-state index contributed by atoms with van der Waals surface area (Å²) in [7, 11) is 0. The Hall–Kier alpha value is -0.160. The third-order valence-electron chi connectivity index (χ3n) is 1.79. The van der Waals surface area contributed by atoms with Crippen molar-refractivity contribution in [2.24, 2.45) is 5.73 Å². The second-order valence-corrected chi connectivity index (χ2v) is 2.41. The van der Waals surface area contributed by atoms with Crippen molar-refractivity contribution in [3.05, 3.63) is 0 Å². The van der Waals surface area contributed by atoms with Crippen LogP contribution in [0.3, 0.4) is 0 Å². The van der Waals surface area contributed by atoms with Gasteiger partial charge in [-0.1, -0.05) is 0 Å². The predicted octanol–water partition coefficient (Wildman–Crippen LogP) is -1.40. The van der Waals surface area contributed by atoms with Crippen molar-refractivity contribution in [3.8, 4) is 0 Å². The first-order valence-electron chi connectivity index (χ1n) is 3.51. The van der Waals surface area contributed by atoms with E-state index in [1.807, 2.05) is 4.90 Å². The molecule has 1 rings (SSSR count). The number of nitrogens with two attached hydrogens (primary N) is 1. The van der Waals surface area contributed by atoms with Crippen LogP contribution in [0, 0.1) is 0 Å². The third kappa shape index (κ3) is 1.67. The number of morpholine rings is 1. The number of rotatable bonds is 2. The van der Waals surface area contributed by atoms with Crippen LogP contribution in [-0.4, -0.2) is 49.1 Å². The topological polar surface area (TPSA) is 58.7 Å². The van der Waals surface area contributed by atoms with Gasteiger partial charge in [-0.25, -0.2) is 0 Å². The molecule has 0 aromatic carbocycles. The summed E-state index contributed by atoms with van der Waals surface area (Å²) in [4.78, 5) is 2.02. The smallest absolute Gasteiger partial charge is 0.0645 e. The Morgan fingerprint density at radius 2 is 2.50 bits per heavy atom. The van der Waals surface area contributed by atoms with Gasteiger partial charge in [-0.3, -0.25) is 4.90 Å². The number of hydrogen-bond acceptors (Lipinski definition) is 4. The van der Waals surface area contributed by atoms with Gasteiger partial charge in [0.2, 0.25) is 0 Å². The third-order valence-corrected chi connectivity index (χ3v) is 1.79. The molecule has 0 amide bonds. The quantitative estimate of drug-likeness (QED) is 0.503. The zero-order valence-corrected chi connectivity index (χ0v) is 5.99. The van der Waals surface area contributed by atoms with Crippen molar-refractivity contribution in [2.75, 3.05) is 33.0 Å². The van der Waals surface area contributed by atoms with Gasteiger partial charge in [0.1, 0.15) is 0 Å². The highest BCUT2D eigenvalue weighted by Gasteiger charge is 2.19. The van der Waals surface area contributed by atoms with Gasteiger partial charge in [0, 0.05) is 13.2 Å². The molecule has 3 N–H and O–H groups in total. The Balaban J connectivity index is 2.34. The minimum Gasteiger partial charge on any atom is -0.395 e. The molecule has 0 bridgehead atoms. The average molecular weight is 146 g/mol. The van der Waals surface area contributed by atoms with Crippen molar-refractivity contribution in [1.29, 1.82) is 0 Å². The Kier molecular flexibility index (Phi) is 3.08. The lowest BCUT2D eigenvalue weighted by molar-refractivity contribution is -0.0261. The van der Waals surface area contributed by atoms with E-state index in [1.165, 1.54) is 0 Å². The van der Waals surface area contributed by atoms with Crippen molar-refractivity contribution in [1.82, 2.24) is 4.90 Å². The summed E-state index contributed by atoms with van der Waals surface area (Å²) in [6.45, 7) is 2.81. The minimum absolute atomic E-state index is 0.110. The molecule has 10 heavy (non-hydrogen) atoms. The molecule has 0 aromatic rings. The molecule has 0 spiro atoms. The van der Waals surface area contributed by atoms with Gasteiger partial charge in [-0.15, -0.1) is 0 Å². The first-order valence-corrected chi connectivity index (χ1v) is 3.51. The fourth-order valence-electron chi connectivity index (χ4n) is 1.10. The summed E-state index contributed by atoms with van der Waals surface area (Å²) in [6, 6.07) is 0.110. The number of ether oxygens (including phenoxy) is 1. The normalized spacial score (nSPS) is 28.8. The number of nitrogens with zero attached hydrogens (tertiary/aromatic N) is 1. The van der Waals surface area contributed by atoms with Crippen molar-refractivity contribution in [2.45, 2.75) is 6.04 Å². The summed E-state index contributed by atoms with van der Waals surface area (Å²) in [5.74, 6) is 0. The van der Waals surface area contributed by atoms with Crippen LogP contribution in [-0.2, 0) is 4.74 Å². The molecule has 0 aliphatic carbocycles. The summed E-state index contributed by atoms with van der Waals surface area (Å²) < 4.78 is 5.15. The van der Waals surface area contributed by atoms with Gasteiger partial charge in [-0.05, 0) is 0 Å². The fraction of sp³-hybridized carbons (Fsp3) is 1.00. The molecule has 1 atom stereocenters. The molecule has 1 aliphatic heterocycles. The summed E-state index contributed by atoms with van der Waals surface area (Å²) in [5.41, 5.74) is 5.43. The first kappa shape index (κ1) is 7.94. The monoisotopic (exact) mass is 146 g/mol. The van der Waals surface area contributed by atoms with E-state index in [9.17, 15) is 0 Å². The van der Waals surface area contributed by atoms with E-state index >= 15 is 0 Å². The standard InChI is InChI=1S/C6H14N2O2/c7-5-8-1-2-10-4-6(8)3-9/h6,9H,1-5,7H2. The van der Waals surface area contributed by atoms with Gasteiger partial charge in [0.05, 0.1) is 25.9 Å². The maximum Gasteiger partial charge on any atom is 0.0645 e. The highest BCUT2D eigenvalue weighted by atomic mass is 16.5. The molecule has 0 saturated carbocycles. The van der Waals surface area contributed by atoms with Gasteiger partial charge in [-0.2, -0.15) is 0 Å². The fourth-order valence-corrected chi connectivity index (χ4v) is 1.10. The second kappa shape index (κ2) is 3.88. The van der Waals surface area contributed by atoms with E-state index in [1.54, 1.807) is 0 Å². The number of aliphatic hydroxyl groups is 1. The van der Waals surface area contributed by atoms with E-state index in [4.69, 9.17) is 15.6 Å². The predicted molar refractivity (Wildman–Crippen MR) is 37.5 cm³/mol. The van der Waals surface area contributed by atoms with Crippen LogP contribution in [0.5, 0.6) is 0 Å². The Bertz CT molecular complexity index is 87.7. The summed E-state index contributed by atoms with van der Waals surface area (Å²) in [6.07, 6.45) is 0. The lowest BCUT2D eigenvalue weighted by Crippen LogP contribution is -2.49. The number of hydrogen-bond donors (Lipinski definition) is 2. The van der Waals surface area contributed by atoms with Crippen LogP contribution < -0.4 is 5.73 Å². The van der Waals surface area contributed by atoms with Crippen LogP contribution >= 0.6 is 0 Å². The molecule has 60 valence electrons. The van der Waals surface area contributed by atoms with Crippen molar-refractivity contribution < 1.29 is 9.84 Å². The van der Waals surface area contributed by atoms with Crippen LogP contribution in [0.15, 0.2) is 0 Å². The van der Waals surface area contributed by atoms with E-state index in [-0.39, 0.29) is 12.6 Å². The largest absolute Gasteiger partial charge is 0.395 e. The lowest BCUT2D eigenvalue weighted by Gasteiger charge is -2.32. The SMILES string of the molecule is NCN1CCOCC1CO. The molecule has 4 nitrogen and oxygen atoms in total. The van der Waals surface area contributed by atoms with Crippen LogP contribution in [0.25, 0.3) is 0 Å². The molecule has 0 radical (unpaired) electrons. The van der Waals surface area contributed by atoms with Gasteiger partial charge < -0.3 is 15.6 Å². The van der Waals surface area contributed by atoms with E-state index in [2.05, 4.69) is 0 Å². The van der Waals surface area contributed by atoms with Crippen molar-refractivity contribution >= 4 is 0 Å². The Morgan fingerprint density at radius 3 is 3.00 bits per heavy atom. The molecular weight excluding hydrogens is 132 g/mol. The van der Waals surface area contributed by atoms with Gasteiger partial charge in [0.25, 0.3) is 0 Å². The average Bonchev–Trinajstić information content (AvgIpc) is 2.04. The van der Waals surface area contributed by atoms with Crippen LogP contribution in [0.2, 0.25) is 0 Å². The Morgan fingerprint density at radius 1 is 1.70 bits per heavy atom. The van der Waals surface area contributed by atoms with E-state index < -0.39 is 0 Å². The molecular formula is C6H14N2O2. The van der Waals surface area contributed by atoms with E-state index in [0.717, 1.165) is 13.2 Å². The molecule has 1 saturated heterocycles. The van der Waals surface area contributed by atoms with Gasteiger partial charge >= 0.3 is 0 Å². The van der Waals surface area contributed by atoms with Crippen LogP contribution in [0.1, 0.15) is 0 Å². The highest BCUT2D eigenvalue weighted by molar-refractivity contribution is 4.72. The highest BCUT2D eigenvalue weighted by Crippen LogP contribution is 2.03. The van der Waals surface area contributed by atoms with Crippen molar-refractivity contribution in [3.63, 3.8) is 0 Å². The summed E-state index contributed by atoms with van der Waals surface area (Å²) >= 11 is 0.